The minimum absolute atomic E-state index is 0. The molecule has 0 saturated carbocycles. The molecule has 0 N–H and O–H groups in total. The van der Waals surface area contributed by atoms with Crippen molar-refractivity contribution >= 4 is 8.41 Å². The molecule has 0 bridgehead atoms. The predicted molar refractivity (Wildman–Crippen MR) is 5.75 cm³/mol. The Morgan fingerprint density at radius 1 is 1.00 bits per heavy atom. The summed E-state index contributed by atoms with van der Waals surface area (Å²) in [7, 11) is 0. The molecule has 0 aromatic rings. The predicted octanol–water partition coefficient (Wildman–Crippen LogP) is -0.388. The van der Waals surface area contributed by atoms with E-state index in [1.165, 1.54) is 0 Å². The van der Waals surface area contributed by atoms with E-state index in [2.05, 4.69) is 0 Å². The quantitative estimate of drug-likeness (QED) is 0.449. The third-order valence-corrected chi connectivity index (χ3v) is 0. The topological polar surface area (TPSA) is 0 Å². The van der Waals surface area contributed by atoms with Gasteiger partial charge in [-0.2, -0.15) is 0 Å². The molecule has 0 aliphatic heterocycles. The monoisotopic (exact) mass is 183 g/mol. The summed E-state index contributed by atoms with van der Waals surface area (Å²) >= 11 is 0. The van der Waals surface area contributed by atoms with Crippen molar-refractivity contribution in [1.82, 2.24) is 0 Å². The molecular formula is BCoMnNi. The maximum absolute atomic E-state index is 0. The van der Waals surface area contributed by atoms with E-state index >= 15 is 0 Å². The van der Waals surface area contributed by atoms with Crippen molar-refractivity contribution in [2.24, 2.45) is 0 Å². The molecular weight excluding hydrogens is 183 g/mol. The fourth-order valence-corrected chi connectivity index (χ4v) is 0. The average molecular weight is 183 g/mol. The zero-order valence-corrected chi connectivity index (χ0v) is 4.81. The van der Waals surface area contributed by atoms with Crippen LogP contribution in [0.2, 0.25) is 0 Å². The standard InChI is InChI=1S/B.Co.Mn.Ni. The van der Waals surface area contributed by atoms with Gasteiger partial charge in [-0.25, -0.2) is 0 Å². The summed E-state index contributed by atoms with van der Waals surface area (Å²) in [5.41, 5.74) is 0. The van der Waals surface area contributed by atoms with Crippen LogP contribution in [0.5, 0.6) is 0 Å². The second-order valence-corrected chi connectivity index (χ2v) is 0. The molecule has 0 heterocycles. The van der Waals surface area contributed by atoms with Gasteiger partial charge < -0.3 is 0 Å². The van der Waals surface area contributed by atoms with Gasteiger partial charge >= 0.3 is 0 Å². The first-order chi connectivity index (χ1) is 0. The van der Waals surface area contributed by atoms with Crippen molar-refractivity contribution < 1.29 is 50.3 Å². The average Bonchev–Trinajstić information content (AvgIpc) is 0. The van der Waals surface area contributed by atoms with Crippen LogP contribution in [0.15, 0.2) is 0 Å². The van der Waals surface area contributed by atoms with Crippen LogP contribution in [-0.4, -0.2) is 8.41 Å². The molecule has 0 nitrogen and oxygen atoms in total. The third-order valence-electron chi connectivity index (χ3n) is 0. The third kappa shape index (κ3) is 9.54. The first kappa shape index (κ1) is 46.8. The van der Waals surface area contributed by atoms with Crippen LogP contribution in [0.3, 0.4) is 0 Å². The Morgan fingerprint density at radius 2 is 1.00 bits per heavy atom. The molecule has 29 valence electrons. The van der Waals surface area contributed by atoms with Crippen LogP contribution in [-0.2, 0) is 50.3 Å². The molecule has 5 radical (unpaired) electrons. The van der Waals surface area contributed by atoms with Gasteiger partial charge in [0, 0.05) is 58.8 Å². The van der Waals surface area contributed by atoms with E-state index in [0.717, 1.165) is 0 Å². The molecule has 4 heteroatoms. The molecule has 0 rings (SSSR count). The van der Waals surface area contributed by atoms with Crippen LogP contribution in [0.1, 0.15) is 0 Å². The Labute approximate surface area is 58.7 Å². The normalized spacial score (nSPS) is 0. The van der Waals surface area contributed by atoms with Gasteiger partial charge in [-0.1, -0.05) is 0 Å². The van der Waals surface area contributed by atoms with Crippen LogP contribution in [0.25, 0.3) is 0 Å². The molecule has 4 heavy (non-hydrogen) atoms. The fourth-order valence-electron chi connectivity index (χ4n) is 0. The Kier molecular flexibility index (Phi) is 274. The minimum atomic E-state index is 0. The van der Waals surface area contributed by atoms with Gasteiger partial charge in [0.05, 0.1) is 0 Å². The first-order valence-electron chi connectivity index (χ1n) is 0. The number of hydrogen-bond donors (Lipinski definition) is 0. The van der Waals surface area contributed by atoms with Gasteiger partial charge in [-0.15, -0.1) is 0 Å². The number of rotatable bonds is 0. The van der Waals surface area contributed by atoms with Crippen LogP contribution in [0, 0.1) is 0 Å². The van der Waals surface area contributed by atoms with Crippen LogP contribution < -0.4 is 0 Å². The second-order valence-electron chi connectivity index (χ2n) is 0. The summed E-state index contributed by atoms with van der Waals surface area (Å²) in [6.07, 6.45) is 0. The molecule has 0 atom stereocenters. The Bertz CT molecular complexity index is 8.00. The number of hydrogen-bond acceptors (Lipinski definition) is 0. The molecule has 0 fully saturated rings. The largest absolute Gasteiger partial charge is 0 e. The van der Waals surface area contributed by atoms with Crippen molar-refractivity contribution in [3.8, 4) is 0 Å². The minimum Gasteiger partial charge on any atom is 0 e. The van der Waals surface area contributed by atoms with E-state index in [4.69, 9.17) is 0 Å². The Balaban J connectivity index is 0. The first-order valence-corrected chi connectivity index (χ1v) is 0. The van der Waals surface area contributed by atoms with Crippen molar-refractivity contribution in [2.45, 2.75) is 0 Å². The van der Waals surface area contributed by atoms with Gasteiger partial charge in [0.25, 0.3) is 0 Å². The summed E-state index contributed by atoms with van der Waals surface area (Å²) in [6, 6.07) is 0. The maximum atomic E-state index is 0. The Hall–Kier alpha value is 1.58. The van der Waals surface area contributed by atoms with Crippen molar-refractivity contribution in [3.63, 3.8) is 0 Å². The van der Waals surface area contributed by atoms with E-state index in [-0.39, 0.29) is 58.8 Å². The molecule has 0 aromatic heterocycles. The van der Waals surface area contributed by atoms with Gasteiger partial charge in [-0.3, -0.25) is 0 Å². The molecule has 0 aliphatic rings. The molecule has 0 spiro atoms. The van der Waals surface area contributed by atoms with E-state index < -0.39 is 0 Å². The van der Waals surface area contributed by atoms with Crippen molar-refractivity contribution in [3.05, 3.63) is 0 Å². The molecule has 0 saturated heterocycles. The summed E-state index contributed by atoms with van der Waals surface area (Å²) in [6.45, 7) is 0. The molecule has 0 amide bonds. The zero-order valence-electron chi connectivity index (χ0n) is 1.60. The summed E-state index contributed by atoms with van der Waals surface area (Å²) in [4.78, 5) is 0. The maximum Gasteiger partial charge on any atom is 0 e. The van der Waals surface area contributed by atoms with Gasteiger partial charge in [0.1, 0.15) is 0 Å². The van der Waals surface area contributed by atoms with Crippen LogP contribution >= 0.6 is 0 Å². The summed E-state index contributed by atoms with van der Waals surface area (Å²) in [5.74, 6) is 0. The fraction of sp³-hybridized carbons (Fsp3) is 0. The summed E-state index contributed by atoms with van der Waals surface area (Å²) < 4.78 is 0. The summed E-state index contributed by atoms with van der Waals surface area (Å²) in [5, 5.41) is 0. The van der Waals surface area contributed by atoms with Gasteiger partial charge in [-0.05, 0) is 0 Å². The van der Waals surface area contributed by atoms with Gasteiger partial charge in [0.2, 0.25) is 0 Å². The van der Waals surface area contributed by atoms with E-state index in [1.54, 1.807) is 0 Å². The zero-order chi connectivity index (χ0) is 0. The van der Waals surface area contributed by atoms with Gasteiger partial charge in [0.15, 0.2) is 0 Å². The van der Waals surface area contributed by atoms with E-state index in [1.807, 2.05) is 0 Å². The van der Waals surface area contributed by atoms with Crippen molar-refractivity contribution in [2.75, 3.05) is 0 Å². The SMILES string of the molecule is [B].[Co].[Mn].[Ni]. The molecule has 0 unspecified atom stereocenters. The Morgan fingerprint density at radius 3 is 1.00 bits per heavy atom. The molecule has 0 aromatic carbocycles. The smallest absolute Gasteiger partial charge is 0 e. The van der Waals surface area contributed by atoms with Crippen LogP contribution in [0.4, 0.5) is 0 Å². The van der Waals surface area contributed by atoms with Crippen molar-refractivity contribution in [1.29, 1.82) is 0 Å². The van der Waals surface area contributed by atoms with E-state index in [0.29, 0.717) is 0 Å². The second kappa shape index (κ2) is 23.5. The molecule has 0 aliphatic carbocycles. The van der Waals surface area contributed by atoms with E-state index in [9.17, 15) is 0 Å².